The van der Waals surface area contributed by atoms with Gasteiger partial charge in [-0.1, -0.05) is 0 Å². The van der Waals surface area contributed by atoms with Gasteiger partial charge in [0, 0.05) is 16.7 Å². The first kappa shape index (κ1) is 13.6. The Labute approximate surface area is 116 Å². The first-order chi connectivity index (χ1) is 8.47. The largest absolute Gasteiger partial charge is 0.394 e. The zero-order valence-corrected chi connectivity index (χ0v) is 12.3. The molecule has 2 rings (SSSR count). The van der Waals surface area contributed by atoms with Crippen LogP contribution in [0.2, 0.25) is 0 Å². The van der Waals surface area contributed by atoms with E-state index in [2.05, 4.69) is 21.2 Å². The van der Waals surface area contributed by atoms with Crippen LogP contribution in [0.4, 0.5) is 0 Å². The van der Waals surface area contributed by atoms with E-state index in [4.69, 9.17) is 0 Å². The summed E-state index contributed by atoms with van der Waals surface area (Å²) in [5.74, 6) is -0.108. The first-order valence-corrected chi connectivity index (χ1v) is 7.07. The molecule has 0 atom stereocenters. The first-order valence-electron chi connectivity index (χ1n) is 6.28. The third-order valence-corrected chi connectivity index (χ3v) is 4.03. The van der Waals surface area contributed by atoms with E-state index in [-0.39, 0.29) is 18.6 Å². The maximum absolute atomic E-state index is 12.3. The number of aliphatic hydroxyl groups is 1. The fourth-order valence-corrected chi connectivity index (χ4v) is 2.72. The van der Waals surface area contributed by atoms with Gasteiger partial charge >= 0.3 is 0 Å². The van der Waals surface area contributed by atoms with Crippen molar-refractivity contribution < 1.29 is 9.90 Å². The molecule has 0 saturated heterocycles. The molecule has 0 unspecified atom stereocenters. The second-order valence-corrected chi connectivity index (χ2v) is 6.21. The van der Waals surface area contributed by atoms with Crippen LogP contribution in [0, 0.1) is 0 Å². The third-order valence-electron chi connectivity index (χ3n) is 3.60. The van der Waals surface area contributed by atoms with Gasteiger partial charge in [0.15, 0.2) is 0 Å². The number of aliphatic hydroxyl groups excluding tert-OH is 1. The van der Waals surface area contributed by atoms with Gasteiger partial charge in [-0.05, 0) is 55.1 Å². The Kier molecular flexibility index (Phi) is 3.82. The van der Waals surface area contributed by atoms with Gasteiger partial charge in [0.1, 0.15) is 5.69 Å². The summed E-state index contributed by atoms with van der Waals surface area (Å²) in [7, 11) is 0. The molecular weight excluding hydrogens is 296 g/mol. The zero-order chi connectivity index (χ0) is 13.3. The molecule has 100 valence electrons. The van der Waals surface area contributed by atoms with E-state index in [1.165, 1.54) is 0 Å². The lowest BCUT2D eigenvalue weighted by molar-refractivity contribution is 0.0633. The highest BCUT2D eigenvalue weighted by Gasteiger charge is 2.38. The Hall–Kier alpha value is -0.810. The Morgan fingerprint density at radius 1 is 1.61 bits per heavy atom. The number of halogens is 1. The number of nitrogens with zero attached hydrogens (tertiary/aromatic N) is 1. The molecule has 2 N–H and O–H groups in total. The molecule has 1 aromatic rings. The molecule has 18 heavy (non-hydrogen) atoms. The predicted octanol–water partition coefficient (Wildman–Crippen LogP) is 2.48. The van der Waals surface area contributed by atoms with Crippen LogP contribution in [0.1, 0.15) is 49.6 Å². The van der Waals surface area contributed by atoms with Crippen LogP contribution in [0.5, 0.6) is 0 Å². The van der Waals surface area contributed by atoms with Crippen LogP contribution in [0.3, 0.4) is 0 Å². The van der Waals surface area contributed by atoms with Crippen molar-refractivity contribution in [3.8, 4) is 0 Å². The topological polar surface area (TPSA) is 54.3 Å². The van der Waals surface area contributed by atoms with Crippen molar-refractivity contribution in [3.05, 3.63) is 22.4 Å². The maximum Gasteiger partial charge on any atom is 0.268 e. The minimum Gasteiger partial charge on any atom is -0.394 e. The van der Waals surface area contributed by atoms with E-state index in [1.54, 1.807) is 0 Å². The van der Waals surface area contributed by atoms with Crippen LogP contribution in [0.15, 0.2) is 16.7 Å². The highest BCUT2D eigenvalue weighted by Crippen LogP contribution is 2.31. The maximum atomic E-state index is 12.3. The molecule has 0 spiro atoms. The van der Waals surface area contributed by atoms with Crippen LogP contribution in [-0.2, 0) is 0 Å². The van der Waals surface area contributed by atoms with Gasteiger partial charge in [-0.25, -0.2) is 0 Å². The van der Waals surface area contributed by atoms with Crippen molar-refractivity contribution in [3.63, 3.8) is 0 Å². The fraction of sp³-hybridized carbons (Fsp3) is 0.615. The van der Waals surface area contributed by atoms with Gasteiger partial charge in [-0.2, -0.15) is 0 Å². The zero-order valence-electron chi connectivity index (χ0n) is 10.7. The lowest BCUT2D eigenvalue weighted by Crippen LogP contribution is -2.56. The monoisotopic (exact) mass is 314 g/mol. The van der Waals surface area contributed by atoms with Crippen LogP contribution >= 0.6 is 15.9 Å². The lowest BCUT2D eigenvalue weighted by atomic mass is 9.77. The molecular formula is C13H19BrN2O2. The van der Waals surface area contributed by atoms with Gasteiger partial charge in [0.05, 0.1) is 12.1 Å². The lowest BCUT2D eigenvalue weighted by Gasteiger charge is -2.41. The molecule has 4 nitrogen and oxygen atoms in total. The van der Waals surface area contributed by atoms with Crippen LogP contribution < -0.4 is 5.32 Å². The van der Waals surface area contributed by atoms with E-state index in [0.717, 1.165) is 23.7 Å². The molecule has 1 aliphatic rings. The van der Waals surface area contributed by atoms with Crippen molar-refractivity contribution in [2.45, 2.75) is 44.7 Å². The third kappa shape index (κ3) is 2.47. The predicted molar refractivity (Wildman–Crippen MR) is 73.7 cm³/mol. The van der Waals surface area contributed by atoms with Gasteiger partial charge in [0.2, 0.25) is 0 Å². The van der Waals surface area contributed by atoms with Crippen molar-refractivity contribution in [2.75, 3.05) is 6.61 Å². The molecule has 1 heterocycles. The second-order valence-electron chi connectivity index (χ2n) is 5.29. The molecule has 0 aromatic carbocycles. The number of rotatable bonds is 4. The second kappa shape index (κ2) is 5.05. The Morgan fingerprint density at radius 3 is 2.72 bits per heavy atom. The van der Waals surface area contributed by atoms with E-state index in [0.29, 0.717) is 5.69 Å². The smallest absolute Gasteiger partial charge is 0.268 e. The van der Waals surface area contributed by atoms with Gasteiger partial charge in [-0.15, -0.1) is 0 Å². The molecule has 1 amide bonds. The number of nitrogens with one attached hydrogen (secondary N) is 1. The summed E-state index contributed by atoms with van der Waals surface area (Å²) >= 11 is 3.40. The molecule has 0 aliphatic heterocycles. The Morgan fingerprint density at radius 2 is 2.28 bits per heavy atom. The number of carbonyl (C=O) groups excluding carboxylic acids is 1. The number of aromatic nitrogens is 1. The number of hydrogen-bond acceptors (Lipinski definition) is 2. The van der Waals surface area contributed by atoms with E-state index < -0.39 is 5.54 Å². The summed E-state index contributed by atoms with van der Waals surface area (Å²) in [5.41, 5.74) is 0.243. The summed E-state index contributed by atoms with van der Waals surface area (Å²) in [6, 6.07) is 2.04. The highest BCUT2D eigenvalue weighted by molar-refractivity contribution is 9.10. The molecule has 0 radical (unpaired) electrons. The van der Waals surface area contributed by atoms with Gasteiger partial charge in [0.25, 0.3) is 5.91 Å². The Balaban J connectivity index is 2.18. The fourth-order valence-electron chi connectivity index (χ4n) is 2.29. The number of carbonyl (C=O) groups is 1. The van der Waals surface area contributed by atoms with Gasteiger partial charge < -0.3 is 15.0 Å². The molecule has 1 aliphatic carbocycles. The summed E-state index contributed by atoms with van der Waals surface area (Å²) in [6.07, 6.45) is 4.69. The molecule has 1 aromatic heterocycles. The van der Waals surface area contributed by atoms with E-state index >= 15 is 0 Å². The van der Waals surface area contributed by atoms with Crippen LogP contribution in [-0.4, -0.2) is 27.7 Å². The van der Waals surface area contributed by atoms with Crippen molar-refractivity contribution >= 4 is 21.8 Å². The number of amides is 1. The summed E-state index contributed by atoms with van der Waals surface area (Å²) in [6.45, 7) is 4.09. The average Bonchev–Trinajstić information content (AvgIpc) is 2.66. The number of hydrogen-bond donors (Lipinski definition) is 2. The molecule has 0 bridgehead atoms. The highest BCUT2D eigenvalue weighted by atomic mass is 79.9. The normalized spacial score (nSPS) is 17.6. The minimum atomic E-state index is -0.393. The molecule has 5 heteroatoms. The molecule has 1 saturated carbocycles. The van der Waals surface area contributed by atoms with E-state index in [9.17, 15) is 9.90 Å². The van der Waals surface area contributed by atoms with E-state index in [1.807, 2.05) is 30.7 Å². The summed E-state index contributed by atoms with van der Waals surface area (Å²) in [4.78, 5) is 12.3. The van der Waals surface area contributed by atoms with Crippen molar-refractivity contribution in [2.24, 2.45) is 0 Å². The standard InChI is InChI=1S/C13H19BrN2O2/c1-9(2)16-7-10(14)6-11(16)12(18)15-13(8-17)4-3-5-13/h6-7,9,17H,3-5,8H2,1-2H3,(H,15,18). The van der Waals surface area contributed by atoms with Gasteiger partial charge in [-0.3, -0.25) is 4.79 Å². The summed E-state index contributed by atoms with van der Waals surface area (Å²) < 4.78 is 2.83. The quantitative estimate of drug-likeness (QED) is 0.897. The SMILES string of the molecule is CC(C)n1cc(Br)cc1C(=O)NC1(CO)CCC1. The van der Waals surface area contributed by atoms with Crippen LogP contribution in [0.25, 0.3) is 0 Å². The minimum absolute atomic E-state index is 0.0162. The van der Waals surface area contributed by atoms with Crippen molar-refractivity contribution in [1.82, 2.24) is 9.88 Å². The van der Waals surface area contributed by atoms with Crippen molar-refractivity contribution in [1.29, 1.82) is 0 Å². The summed E-state index contributed by atoms with van der Waals surface area (Å²) in [5, 5.41) is 12.4. The molecule has 1 fully saturated rings. The average molecular weight is 315 g/mol. The Bertz CT molecular complexity index is 444.